The van der Waals surface area contributed by atoms with E-state index in [1.54, 1.807) is 24.3 Å². The molecule has 0 radical (unpaired) electrons. The van der Waals surface area contributed by atoms with Crippen LogP contribution in [0.2, 0.25) is 10.0 Å². The average molecular weight is 440 g/mol. The highest BCUT2D eigenvalue weighted by Gasteiger charge is 2.38. The molecule has 1 saturated heterocycles. The highest BCUT2D eigenvalue weighted by molar-refractivity contribution is 8.15. The van der Waals surface area contributed by atoms with Gasteiger partial charge in [0.2, 0.25) is 11.8 Å². The van der Waals surface area contributed by atoms with E-state index in [1.165, 1.54) is 34.9 Å². The summed E-state index contributed by atoms with van der Waals surface area (Å²) in [4.78, 5) is 30.9. The number of hydrogen-bond acceptors (Lipinski definition) is 4. The summed E-state index contributed by atoms with van der Waals surface area (Å²) in [6.45, 7) is 2.21. The van der Waals surface area contributed by atoms with Crippen molar-refractivity contribution in [3.05, 3.63) is 58.3 Å². The van der Waals surface area contributed by atoms with Gasteiger partial charge in [-0.3, -0.25) is 14.5 Å². The Balaban J connectivity index is 1.76. The topological polar surface area (TPSA) is 61.8 Å². The van der Waals surface area contributed by atoms with Crippen LogP contribution in [-0.2, 0) is 9.59 Å². The van der Waals surface area contributed by atoms with E-state index in [-0.39, 0.29) is 18.0 Å². The summed E-state index contributed by atoms with van der Waals surface area (Å²) in [7, 11) is 0. The molecule has 2 aromatic rings. The summed E-state index contributed by atoms with van der Waals surface area (Å²) in [5.41, 5.74) is 0.522. The number of anilines is 1. The molecule has 9 heteroatoms. The van der Waals surface area contributed by atoms with Crippen molar-refractivity contribution in [2.24, 2.45) is 4.99 Å². The predicted octanol–water partition coefficient (Wildman–Crippen LogP) is 5.11. The first-order chi connectivity index (χ1) is 13.4. The Kier molecular flexibility index (Phi) is 6.59. The molecule has 1 N–H and O–H groups in total. The van der Waals surface area contributed by atoms with E-state index in [0.717, 1.165) is 0 Å². The summed E-state index contributed by atoms with van der Waals surface area (Å²) in [6.07, 6.45) is -0.101. The van der Waals surface area contributed by atoms with E-state index in [4.69, 9.17) is 23.2 Å². The number of para-hydroxylation sites is 1. The molecule has 1 heterocycles. The van der Waals surface area contributed by atoms with Crippen molar-refractivity contribution in [1.29, 1.82) is 0 Å². The van der Waals surface area contributed by atoms with Crippen molar-refractivity contribution in [3.8, 4) is 0 Å². The SMILES string of the molecule is CCN1C(=O)C(CC(=O)Nc2ccccc2F)SC1=Nc1cc(Cl)ccc1Cl. The van der Waals surface area contributed by atoms with Crippen molar-refractivity contribution < 1.29 is 14.0 Å². The molecule has 0 saturated carbocycles. The second-order valence-electron chi connectivity index (χ2n) is 5.91. The number of halogens is 3. The summed E-state index contributed by atoms with van der Waals surface area (Å²) >= 11 is 13.3. The quantitative estimate of drug-likeness (QED) is 0.703. The van der Waals surface area contributed by atoms with Crippen LogP contribution in [-0.4, -0.2) is 33.7 Å². The zero-order chi connectivity index (χ0) is 20.3. The van der Waals surface area contributed by atoms with E-state index in [9.17, 15) is 14.0 Å². The van der Waals surface area contributed by atoms with Crippen molar-refractivity contribution in [2.45, 2.75) is 18.6 Å². The van der Waals surface area contributed by atoms with Crippen LogP contribution >= 0.6 is 35.0 Å². The minimum absolute atomic E-state index is 0.0786. The molecule has 1 unspecified atom stereocenters. The molecule has 0 spiro atoms. The second kappa shape index (κ2) is 8.94. The Bertz CT molecular complexity index is 955. The number of thioether (sulfide) groups is 1. The summed E-state index contributed by atoms with van der Waals surface area (Å²) in [6, 6.07) is 10.7. The molecule has 1 fully saturated rings. The third kappa shape index (κ3) is 4.66. The molecule has 1 aliphatic heterocycles. The Labute approximate surface area is 175 Å². The van der Waals surface area contributed by atoms with Gasteiger partial charge in [0.1, 0.15) is 11.1 Å². The summed E-state index contributed by atoms with van der Waals surface area (Å²) in [5, 5.41) is 3.17. The highest BCUT2D eigenvalue weighted by Crippen LogP contribution is 2.35. The first-order valence-corrected chi connectivity index (χ1v) is 10.1. The van der Waals surface area contributed by atoms with Crippen LogP contribution in [0.25, 0.3) is 0 Å². The van der Waals surface area contributed by atoms with E-state index in [0.29, 0.717) is 27.4 Å². The van der Waals surface area contributed by atoms with Gasteiger partial charge in [-0.15, -0.1) is 0 Å². The number of benzene rings is 2. The summed E-state index contributed by atoms with van der Waals surface area (Å²) < 4.78 is 13.7. The van der Waals surface area contributed by atoms with Crippen molar-refractivity contribution in [2.75, 3.05) is 11.9 Å². The second-order valence-corrected chi connectivity index (χ2v) is 7.92. The maximum Gasteiger partial charge on any atom is 0.242 e. The third-order valence-electron chi connectivity index (χ3n) is 3.98. The fraction of sp³-hybridized carbons (Fsp3) is 0.211. The number of amides is 2. The molecule has 3 rings (SSSR count). The third-order valence-corrected chi connectivity index (χ3v) is 5.71. The molecule has 1 atom stereocenters. The number of nitrogens with zero attached hydrogens (tertiary/aromatic N) is 2. The molecular formula is C19H16Cl2FN3O2S. The highest BCUT2D eigenvalue weighted by atomic mass is 35.5. The van der Waals surface area contributed by atoms with Gasteiger partial charge in [0.05, 0.1) is 16.4 Å². The largest absolute Gasteiger partial charge is 0.324 e. The molecule has 2 aromatic carbocycles. The van der Waals surface area contributed by atoms with Gasteiger partial charge in [0.15, 0.2) is 5.17 Å². The lowest BCUT2D eigenvalue weighted by atomic mass is 10.2. The molecule has 146 valence electrons. The van der Waals surface area contributed by atoms with Gasteiger partial charge in [-0.2, -0.15) is 0 Å². The van der Waals surface area contributed by atoms with Crippen LogP contribution in [0.5, 0.6) is 0 Å². The van der Waals surface area contributed by atoms with Crippen molar-refractivity contribution >= 4 is 63.3 Å². The fourth-order valence-electron chi connectivity index (χ4n) is 2.62. The zero-order valence-electron chi connectivity index (χ0n) is 14.8. The molecule has 0 aromatic heterocycles. The van der Waals surface area contributed by atoms with Crippen LogP contribution in [0.15, 0.2) is 47.5 Å². The first kappa shape index (κ1) is 20.6. The number of carbonyl (C=O) groups excluding carboxylic acids is 2. The number of carbonyl (C=O) groups is 2. The Morgan fingerprint density at radius 1 is 1.29 bits per heavy atom. The first-order valence-electron chi connectivity index (χ1n) is 8.45. The van der Waals surface area contributed by atoms with Gasteiger partial charge >= 0.3 is 0 Å². The number of aliphatic imine (C=N–C) groups is 1. The van der Waals surface area contributed by atoms with Crippen LogP contribution < -0.4 is 5.32 Å². The Morgan fingerprint density at radius 3 is 2.75 bits per heavy atom. The predicted molar refractivity (Wildman–Crippen MR) is 112 cm³/mol. The molecule has 0 aliphatic carbocycles. The van der Waals surface area contributed by atoms with Gasteiger partial charge in [-0.25, -0.2) is 9.38 Å². The number of hydrogen-bond donors (Lipinski definition) is 1. The molecule has 0 bridgehead atoms. The number of rotatable bonds is 5. The Morgan fingerprint density at radius 2 is 2.04 bits per heavy atom. The van der Waals surface area contributed by atoms with E-state index in [1.807, 2.05) is 6.92 Å². The van der Waals surface area contributed by atoms with Crippen LogP contribution in [0.3, 0.4) is 0 Å². The fourth-order valence-corrected chi connectivity index (χ4v) is 4.16. The lowest BCUT2D eigenvalue weighted by Gasteiger charge is -2.13. The van der Waals surface area contributed by atoms with Gasteiger partial charge in [-0.1, -0.05) is 47.1 Å². The van der Waals surface area contributed by atoms with Gasteiger partial charge in [0.25, 0.3) is 0 Å². The Hall–Kier alpha value is -2.09. The molecule has 5 nitrogen and oxygen atoms in total. The molecule has 28 heavy (non-hydrogen) atoms. The number of amidine groups is 1. The van der Waals surface area contributed by atoms with E-state index >= 15 is 0 Å². The minimum atomic E-state index is -0.650. The lowest BCUT2D eigenvalue weighted by molar-refractivity contribution is -0.128. The maximum atomic E-state index is 13.7. The maximum absolute atomic E-state index is 13.7. The van der Waals surface area contributed by atoms with Crippen LogP contribution in [0, 0.1) is 5.82 Å². The van der Waals surface area contributed by atoms with Gasteiger partial charge < -0.3 is 5.32 Å². The van der Waals surface area contributed by atoms with Gasteiger partial charge in [-0.05, 0) is 37.3 Å². The van der Waals surface area contributed by atoms with E-state index in [2.05, 4.69) is 10.3 Å². The lowest BCUT2D eigenvalue weighted by Crippen LogP contribution is -2.33. The number of nitrogens with one attached hydrogen (secondary N) is 1. The van der Waals surface area contributed by atoms with Crippen LogP contribution in [0.4, 0.5) is 15.8 Å². The van der Waals surface area contributed by atoms with Crippen LogP contribution in [0.1, 0.15) is 13.3 Å². The summed E-state index contributed by atoms with van der Waals surface area (Å²) in [5.74, 6) is -1.21. The standard InChI is InChI=1S/C19H16Cl2FN3O2S/c1-2-25-18(27)16(10-17(26)23-14-6-4-3-5-13(14)22)28-19(25)24-15-9-11(20)7-8-12(15)21/h3-9,16H,2,10H2,1H3,(H,23,26). The zero-order valence-corrected chi connectivity index (χ0v) is 17.1. The van der Waals surface area contributed by atoms with Crippen molar-refractivity contribution in [3.63, 3.8) is 0 Å². The van der Waals surface area contributed by atoms with Gasteiger partial charge in [0, 0.05) is 18.0 Å². The normalized spacial score (nSPS) is 18.0. The monoisotopic (exact) mass is 439 g/mol. The molecule has 2 amide bonds. The minimum Gasteiger partial charge on any atom is -0.324 e. The van der Waals surface area contributed by atoms with Crippen molar-refractivity contribution in [1.82, 2.24) is 4.90 Å². The molecule has 1 aliphatic rings. The molecular weight excluding hydrogens is 424 g/mol. The van der Waals surface area contributed by atoms with E-state index < -0.39 is 17.0 Å². The smallest absolute Gasteiger partial charge is 0.242 e. The average Bonchev–Trinajstić information content (AvgIpc) is 2.94.